The number of β-lactam (4-membered cyclic amide) rings is 1. The van der Waals surface area contributed by atoms with Crippen LogP contribution in [-0.2, 0) is 19.2 Å². The Labute approximate surface area is 206 Å². The highest BCUT2D eigenvalue weighted by Crippen LogP contribution is 2.41. The number of fused-ring (bicyclic) bond motifs is 1. The van der Waals surface area contributed by atoms with Crippen molar-refractivity contribution in [3.8, 4) is 0 Å². The second-order valence-electron chi connectivity index (χ2n) is 8.34. The van der Waals surface area contributed by atoms with E-state index in [0.717, 1.165) is 10.5 Å². The van der Waals surface area contributed by atoms with Crippen LogP contribution in [0.3, 0.4) is 0 Å². The summed E-state index contributed by atoms with van der Waals surface area (Å²) in [7, 11) is 0. The number of carbonyl (C=O) groups is 4. The van der Waals surface area contributed by atoms with E-state index in [1.165, 1.54) is 28.4 Å². The summed E-state index contributed by atoms with van der Waals surface area (Å²) < 4.78 is 0. The van der Waals surface area contributed by atoms with Crippen LogP contribution in [0.2, 0.25) is 0 Å². The Balaban J connectivity index is 1.44. The number of carbonyl (C=O) groups excluding carboxylic acids is 3. The van der Waals surface area contributed by atoms with Gasteiger partial charge in [0.1, 0.15) is 17.1 Å². The molecule has 0 radical (unpaired) electrons. The molecular weight excluding hydrogens is 474 g/mol. The predicted octanol–water partition coefficient (Wildman–Crippen LogP) is 2.25. The van der Waals surface area contributed by atoms with Crippen molar-refractivity contribution in [3.05, 3.63) is 65.4 Å². The third kappa shape index (κ3) is 4.92. The van der Waals surface area contributed by atoms with Crippen LogP contribution in [0.25, 0.3) is 0 Å². The molecule has 8 nitrogen and oxygen atoms in total. The summed E-state index contributed by atoms with van der Waals surface area (Å²) in [5.41, 5.74) is 1.73. The second-order valence-corrected chi connectivity index (χ2v) is 10.5. The average Bonchev–Trinajstić information content (AvgIpc) is 3.14. The molecular formula is C24H25N3O5S2. The number of nitrogens with one attached hydrogen (secondary N) is 1. The monoisotopic (exact) mass is 499 g/mol. The number of hydrogen-bond acceptors (Lipinski definition) is 6. The number of likely N-dealkylation sites (tertiary alicyclic amines) is 1. The molecule has 34 heavy (non-hydrogen) atoms. The number of benzene rings is 1. The third-order valence-electron chi connectivity index (χ3n) is 5.65. The van der Waals surface area contributed by atoms with Gasteiger partial charge in [0.15, 0.2) is 0 Å². The first-order valence-corrected chi connectivity index (χ1v) is 12.8. The molecule has 4 rings (SSSR count). The molecule has 0 aromatic heterocycles. The maximum atomic E-state index is 12.8. The van der Waals surface area contributed by atoms with Crippen molar-refractivity contribution in [1.82, 2.24) is 15.1 Å². The van der Waals surface area contributed by atoms with Gasteiger partial charge in [-0.1, -0.05) is 30.4 Å². The van der Waals surface area contributed by atoms with Crippen molar-refractivity contribution in [2.45, 2.75) is 29.7 Å². The van der Waals surface area contributed by atoms with E-state index >= 15 is 0 Å². The fraction of sp³-hybridized carbons (Fsp3) is 0.333. The topological polar surface area (TPSA) is 107 Å². The van der Waals surface area contributed by atoms with Crippen LogP contribution in [-0.4, -0.2) is 74.6 Å². The quantitative estimate of drug-likeness (QED) is 0.245. The van der Waals surface area contributed by atoms with E-state index in [2.05, 4.69) is 11.9 Å². The molecule has 2 atom stereocenters. The van der Waals surface area contributed by atoms with Crippen molar-refractivity contribution in [1.29, 1.82) is 0 Å². The fourth-order valence-electron chi connectivity index (χ4n) is 4.12. The number of allylic oxidation sites excluding steroid dienone is 1. The minimum absolute atomic E-state index is 0.114. The maximum Gasteiger partial charge on any atom is 0.352 e. The lowest BCUT2D eigenvalue weighted by Gasteiger charge is -2.49. The minimum atomic E-state index is -1.22. The van der Waals surface area contributed by atoms with E-state index in [-0.39, 0.29) is 23.3 Å². The van der Waals surface area contributed by atoms with E-state index in [0.29, 0.717) is 36.4 Å². The summed E-state index contributed by atoms with van der Waals surface area (Å²) in [6, 6.07) is 8.70. The summed E-state index contributed by atoms with van der Waals surface area (Å²) in [5, 5.41) is 12.1. The highest BCUT2D eigenvalue weighted by atomic mass is 32.2. The van der Waals surface area contributed by atoms with Crippen LogP contribution in [0.1, 0.15) is 13.3 Å². The van der Waals surface area contributed by atoms with E-state index < -0.39 is 23.3 Å². The van der Waals surface area contributed by atoms with Gasteiger partial charge in [0.25, 0.3) is 5.91 Å². The zero-order valence-corrected chi connectivity index (χ0v) is 20.3. The summed E-state index contributed by atoms with van der Waals surface area (Å²) in [6.45, 7) is 6.71. The largest absolute Gasteiger partial charge is 0.477 e. The summed E-state index contributed by atoms with van der Waals surface area (Å²) in [4.78, 5) is 53.8. The van der Waals surface area contributed by atoms with Crippen LogP contribution in [0.5, 0.6) is 0 Å². The van der Waals surface area contributed by atoms with Gasteiger partial charge in [-0.05, 0) is 37.1 Å². The number of carboxylic acids is 1. The molecule has 3 aliphatic heterocycles. The summed E-state index contributed by atoms with van der Waals surface area (Å²) >= 11 is 2.75. The van der Waals surface area contributed by atoms with Gasteiger partial charge in [0, 0.05) is 29.3 Å². The molecule has 0 bridgehead atoms. The number of amides is 3. The highest BCUT2D eigenvalue weighted by molar-refractivity contribution is 8.00. The van der Waals surface area contributed by atoms with Crippen LogP contribution in [0.15, 0.2) is 70.3 Å². The lowest BCUT2D eigenvalue weighted by molar-refractivity contribution is -0.150. The molecule has 2 N–H and O–H groups in total. The van der Waals surface area contributed by atoms with Gasteiger partial charge in [0.2, 0.25) is 11.8 Å². The first-order chi connectivity index (χ1) is 16.3. The fourth-order valence-corrected chi connectivity index (χ4v) is 6.16. The molecule has 0 aliphatic carbocycles. The lowest BCUT2D eigenvalue weighted by atomic mass is 10.0. The van der Waals surface area contributed by atoms with Gasteiger partial charge in [-0.2, -0.15) is 0 Å². The van der Waals surface area contributed by atoms with Gasteiger partial charge >= 0.3 is 5.97 Å². The number of thioether (sulfide) groups is 2. The molecule has 2 fully saturated rings. The zero-order valence-electron chi connectivity index (χ0n) is 18.7. The minimum Gasteiger partial charge on any atom is -0.477 e. The van der Waals surface area contributed by atoms with Gasteiger partial charge in [0.05, 0.1) is 5.75 Å². The number of rotatable bonds is 8. The van der Waals surface area contributed by atoms with Crippen molar-refractivity contribution in [2.24, 2.45) is 0 Å². The van der Waals surface area contributed by atoms with Crippen LogP contribution in [0, 0.1) is 0 Å². The van der Waals surface area contributed by atoms with Gasteiger partial charge in [-0.25, -0.2) is 4.79 Å². The highest BCUT2D eigenvalue weighted by Gasteiger charge is 2.54. The Kier molecular flexibility index (Phi) is 7.18. The molecule has 178 valence electrons. The van der Waals surface area contributed by atoms with E-state index in [1.807, 2.05) is 37.3 Å². The molecule has 3 heterocycles. The number of aliphatic carboxylic acids is 1. The van der Waals surface area contributed by atoms with E-state index in [1.54, 1.807) is 11.0 Å². The van der Waals surface area contributed by atoms with E-state index in [4.69, 9.17) is 0 Å². The summed E-state index contributed by atoms with van der Waals surface area (Å²) in [6.07, 6.45) is 2.13. The van der Waals surface area contributed by atoms with Crippen LogP contribution < -0.4 is 5.32 Å². The molecule has 2 saturated heterocycles. The van der Waals surface area contributed by atoms with Gasteiger partial charge in [-0.3, -0.25) is 19.3 Å². The van der Waals surface area contributed by atoms with Crippen LogP contribution in [0.4, 0.5) is 0 Å². The van der Waals surface area contributed by atoms with Crippen molar-refractivity contribution in [3.63, 3.8) is 0 Å². The van der Waals surface area contributed by atoms with E-state index in [9.17, 15) is 24.3 Å². The maximum absolute atomic E-state index is 12.8. The molecule has 0 spiro atoms. The standard InChI is InChI=1S/C24H25N3O5S2/c1-14(2)11-26-9-8-15(21(26)29)10-16-12-34-23-19(22(30)27(23)20(16)24(31)32)25-18(28)13-33-17-6-4-3-5-7-17/h3-7,10,19,23H,1,8-9,11-13H2,2H3,(H,25,28)(H,31,32)/t19-,23-/m1/s1. The number of nitrogens with zero attached hydrogens (tertiary/aromatic N) is 2. The number of carboxylic acid groups (broad SMARTS) is 1. The molecule has 1 aromatic carbocycles. The first kappa shape index (κ1) is 24.2. The Morgan fingerprint density at radius 3 is 2.71 bits per heavy atom. The zero-order chi connectivity index (χ0) is 24.4. The lowest BCUT2D eigenvalue weighted by Crippen LogP contribution is -2.70. The molecule has 0 saturated carbocycles. The normalized spacial score (nSPS) is 23.1. The number of hydrogen-bond donors (Lipinski definition) is 2. The van der Waals surface area contributed by atoms with Crippen molar-refractivity contribution < 1.29 is 24.3 Å². The SMILES string of the molecule is C=C(C)CN1CCC(=CC2=C(C(=O)O)N3C(=O)[C@@H](NC(=O)CSc4ccccc4)[C@H]3SC2)C1=O. The van der Waals surface area contributed by atoms with Crippen molar-refractivity contribution in [2.75, 3.05) is 24.6 Å². The summed E-state index contributed by atoms with van der Waals surface area (Å²) in [5.74, 6) is -1.60. The first-order valence-electron chi connectivity index (χ1n) is 10.8. The Morgan fingerprint density at radius 2 is 2.03 bits per heavy atom. The molecule has 0 unspecified atom stereocenters. The molecule has 10 heteroatoms. The Bertz CT molecular complexity index is 1110. The second kappa shape index (κ2) is 10.1. The molecule has 3 amide bonds. The third-order valence-corrected chi connectivity index (χ3v) is 7.97. The molecule has 1 aromatic rings. The van der Waals surface area contributed by atoms with Gasteiger partial charge < -0.3 is 15.3 Å². The van der Waals surface area contributed by atoms with Crippen molar-refractivity contribution >= 4 is 47.2 Å². The smallest absolute Gasteiger partial charge is 0.352 e. The van der Waals surface area contributed by atoms with Crippen LogP contribution >= 0.6 is 23.5 Å². The van der Waals surface area contributed by atoms with Gasteiger partial charge in [-0.15, -0.1) is 23.5 Å². The Morgan fingerprint density at radius 1 is 1.29 bits per heavy atom. The average molecular weight is 500 g/mol. The molecule has 3 aliphatic rings. The predicted molar refractivity (Wildman–Crippen MR) is 131 cm³/mol. The Hall–Kier alpha value is -2.98.